The molecular weight excluding hydrogens is 405 g/mol. The van der Waals surface area contributed by atoms with E-state index in [0.717, 1.165) is 22.3 Å². The first-order valence-corrected chi connectivity index (χ1v) is 10.1. The lowest BCUT2D eigenvalue weighted by Gasteiger charge is -2.08. The molecule has 2 aromatic carbocycles. The summed E-state index contributed by atoms with van der Waals surface area (Å²) in [6.07, 6.45) is 0.118. The third kappa shape index (κ3) is 3.86. The molecule has 0 aliphatic heterocycles. The summed E-state index contributed by atoms with van der Waals surface area (Å²) in [5.74, 6) is 0.795. The highest BCUT2D eigenvalue weighted by Gasteiger charge is 2.16. The molecule has 0 atom stereocenters. The highest BCUT2D eigenvalue weighted by Crippen LogP contribution is 2.35. The van der Waals surface area contributed by atoms with E-state index in [1.165, 1.54) is 23.5 Å². The van der Waals surface area contributed by atoms with Gasteiger partial charge in [-0.05, 0) is 48.9 Å². The second kappa shape index (κ2) is 8.16. The summed E-state index contributed by atoms with van der Waals surface area (Å²) in [6.45, 7) is 1.87. The van der Waals surface area contributed by atoms with Crippen molar-refractivity contribution < 1.29 is 18.7 Å². The number of hydrogen-bond acceptors (Lipinski definition) is 5. The van der Waals surface area contributed by atoms with Crippen LogP contribution in [-0.2, 0) is 11.2 Å². The van der Waals surface area contributed by atoms with Crippen molar-refractivity contribution in [3.8, 4) is 22.8 Å². The standard InChI is InChI=1S/C22H20FN3O3S/c1-12-15(16-8-13(23)4-6-18(16)24-12)10-21(27)26-22-25-19(11-30-22)17-9-14(28-2)5-7-20(17)29-3/h4-9,11,24H,10H2,1-3H3,(H,25,26,27). The van der Waals surface area contributed by atoms with Crippen LogP contribution in [0, 0.1) is 12.7 Å². The zero-order valence-corrected chi connectivity index (χ0v) is 17.5. The van der Waals surface area contributed by atoms with E-state index in [9.17, 15) is 9.18 Å². The van der Waals surface area contributed by atoms with Crippen molar-refractivity contribution in [1.82, 2.24) is 9.97 Å². The van der Waals surface area contributed by atoms with Crippen LogP contribution in [0.1, 0.15) is 11.3 Å². The average molecular weight is 425 g/mol. The van der Waals surface area contributed by atoms with E-state index in [4.69, 9.17) is 9.47 Å². The molecule has 154 valence electrons. The number of fused-ring (bicyclic) bond motifs is 1. The number of thiazole rings is 1. The van der Waals surface area contributed by atoms with Gasteiger partial charge in [-0.2, -0.15) is 0 Å². The maximum atomic E-state index is 13.6. The Bertz CT molecular complexity index is 1230. The van der Waals surface area contributed by atoms with Crippen molar-refractivity contribution in [3.05, 3.63) is 58.9 Å². The molecule has 0 aliphatic rings. The Morgan fingerprint density at radius 2 is 2.03 bits per heavy atom. The molecule has 0 bridgehead atoms. The molecular formula is C22H20FN3O3S. The number of carbonyl (C=O) groups is 1. The molecule has 2 heterocycles. The van der Waals surface area contributed by atoms with E-state index < -0.39 is 0 Å². The number of aromatic nitrogens is 2. The Kier molecular flexibility index (Phi) is 5.41. The molecule has 0 saturated heterocycles. The number of H-pyrrole nitrogens is 1. The van der Waals surface area contributed by atoms with Crippen LogP contribution in [0.4, 0.5) is 9.52 Å². The molecule has 0 fully saturated rings. The van der Waals surface area contributed by atoms with Gasteiger partial charge in [0.2, 0.25) is 5.91 Å². The van der Waals surface area contributed by atoms with E-state index in [0.29, 0.717) is 27.7 Å². The van der Waals surface area contributed by atoms with Gasteiger partial charge in [0.25, 0.3) is 0 Å². The minimum Gasteiger partial charge on any atom is -0.497 e. The minimum absolute atomic E-state index is 0.118. The lowest BCUT2D eigenvalue weighted by Crippen LogP contribution is -2.14. The second-order valence-corrected chi connectivity index (χ2v) is 7.61. The van der Waals surface area contributed by atoms with Crippen molar-refractivity contribution >= 4 is 33.3 Å². The number of nitrogens with one attached hydrogen (secondary N) is 2. The summed E-state index contributed by atoms with van der Waals surface area (Å²) in [5.41, 5.74) is 3.87. The molecule has 0 radical (unpaired) electrons. The number of rotatable bonds is 6. The Morgan fingerprint density at radius 3 is 2.80 bits per heavy atom. The third-order valence-corrected chi connectivity index (χ3v) is 5.61. The van der Waals surface area contributed by atoms with E-state index in [1.807, 2.05) is 30.5 Å². The Hall–Kier alpha value is -3.39. The molecule has 2 aromatic heterocycles. The monoisotopic (exact) mass is 425 g/mol. The van der Waals surface area contributed by atoms with Crippen molar-refractivity contribution in [2.45, 2.75) is 13.3 Å². The normalized spacial score (nSPS) is 10.9. The summed E-state index contributed by atoms with van der Waals surface area (Å²) in [5, 5.41) is 5.87. The van der Waals surface area contributed by atoms with Gasteiger partial charge < -0.3 is 19.8 Å². The summed E-state index contributed by atoms with van der Waals surface area (Å²) in [7, 11) is 3.18. The molecule has 6 nitrogen and oxygen atoms in total. The fourth-order valence-corrected chi connectivity index (χ4v) is 4.10. The van der Waals surface area contributed by atoms with Gasteiger partial charge in [0.1, 0.15) is 17.3 Å². The number of anilines is 1. The zero-order valence-electron chi connectivity index (χ0n) is 16.7. The second-order valence-electron chi connectivity index (χ2n) is 6.75. The summed E-state index contributed by atoms with van der Waals surface area (Å²) >= 11 is 1.32. The molecule has 1 amide bonds. The minimum atomic E-state index is -0.333. The van der Waals surface area contributed by atoms with Crippen LogP contribution in [0.3, 0.4) is 0 Å². The summed E-state index contributed by atoms with van der Waals surface area (Å²) in [4.78, 5) is 20.3. The van der Waals surface area contributed by atoms with Gasteiger partial charge in [-0.3, -0.25) is 4.79 Å². The highest BCUT2D eigenvalue weighted by atomic mass is 32.1. The maximum absolute atomic E-state index is 13.6. The lowest BCUT2D eigenvalue weighted by atomic mass is 10.1. The summed E-state index contributed by atoms with van der Waals surface area (Å²) in [6, 6.07) is 9.97. The van der Waals surface area contributed by atoms with Crippen molar-refractivity contribution in [2.75, 3.05) is 19.5 Å². The molecule has 0 spiro atoms. The maximum Gasteiger partial charge on any atom is 0.230 e. The number of methoxy groups -OCH3 is 2. The third-order valence-electron chi connectivity index (χ3n) is 4.85. The van der Waals surface area contributed by atoms with Gasteiger partial charge in [-0.1, -0.05) is 0 Å². The molecule has 4 aromatic rings. The van der Waals surface area contributed by atoms with Crippen LogP contribution in [0.15, 0.2) is 41.8 Å². The Labute approximate surface area is 176 Å². The number of amides is 1. The van der Waals surface area contributed by atoms with Crippen LogP contribution >= 0.6 is 11.3 Å². The number of ether oxygens (including phenoxy) is 2. The number of halogens is 1. The topological polar surface area (TPSA) is 76.2 Å². The van der Waals surface area contributed by atoms with Gasteiger partial charge in [-0.15, -0.1) is 11.3 Å². The summed E-state index contributed by atoms with van der Waals surface area (Å²) < 4.78 is 24.3. The molecule has 4 rings (SSSR count). The molecule has 8 heteroatoms. The fraction of sp³-hybridized carbons (Fsp3) is 0.182. The first-order valence-electron chi connectivity index (χ1n) is 9.23. The highest BCUT2D eigenvalue weighted by molar-refractivity contribution is 7.14. The fourth-order valence-electron chi connectivity index (χ4n) is 3.38. The van der Waals surface area contributed by atoms with E-state index in [1.54, 1.807) is 20.3 Å². The quantitative estimate of drug-likeness (QED) is 0.459. The molecule has 0 aliphatic carbocycles. The van der Waals surface area contributed by atoms with Crippen LogP contribution < -0.4 is 14.8 Å². The molecule has 0 unspecified atom stereocenters. The smallest absolute Gasteiger partial charge is 0.230 e. The zero-order chi connectivity index (χ0) is 21.3. The van der Waals surface area contributed by atoms with Gasteiger partial charge >= 0.3 is 0 Å². The number of carbonyl (C=O) groups excluding carboxylic acids is 1. The van der Waals surface area contributed by atoms with Gasteiger partial charge in [0.05, 0.1) is 26.3 Å². The number of nitrogens with zero attached hydrogens (tertiary/aromatic N) is 1. The Balaban J connectivity index is 1.54. The first-order chi connectivity index (χ1) is 14.5. The molecule has 0 saturated carbocycles. The van der Waals surface area contributed by atoms with Crippen LogP contribution in [0.25, 0.3) is 22.2 Å². The Morgan fingerprint density at radius 1 is 1.20 bits per heavy atom. The predicted octanol–water partition coefficient (Wildman–Crippen LogP) is 4.94. The van der Waals surface area contributed by atoms with Crippen molar-refractivity contribution in [2.24, 2.45) is 0 Å². The van der Waals surface area contributed by atoms with E-state index in [2.05, 4.69) is 15.3 Å². The van der Waals surface area contributed by atoms with Crippen LogP contribution in [0.5, 0.6) is 11.5 Å². The van der Waals surface area contributed by atoms with Crippen LogP contribution in [-0.4, -0.2) is 30.1 Å². The van der Waals surface area contributed by atoms with Gasteiger partial charge in [0, 0.05) is 27.5 Å². The van der Waals surface area contributed by atoms with Gasteiger partial charge in [-0.25, -0.2) is 9.37 Å². The first kappa shape index (κ1) is 19.9. The average Bonchev–Trinajstić information content (AvgIpc) is 3.32. The van der Waals surface area contributed by atoms with Crippen molar-refractivity contribution in [3.63, 3.8) is 0 Å². The predicted molar refractivity (Wildman–Crippen MR) is 116 cm³/mol. The number of benzene rings is 2. The lowest BCUT2D eigenvalue weighted by molar-refractivity contribution is -0.115. The number of aromatic amines is 1. The molecule has 30 heavy (non-hydrogen) atoms. The number of hydrogen-bond donors (Lipinski definition) is 2. The largest absolute Gasteiger partial charge is 0.497 e. The van der Waals surface area contributed by atoms with E-state index >= 15 is 0 Å². The SMILES string of the molecule is COc1ccc(OC)c(-c2csc(NC(=O)Cc3c(C)[nH]c4ccc(F)cc34)n2)c1. The number of aryl methyl sites for hydroxylation is 1. The molecule has 2 N–H and O–H groups in total. The van der Waals surface area contributed by atoms with Gasteiger partial charge in [0.15, 0.2) is 5.13 Å². The van der Waals surface area contributed by atoms with E-state index in [-0.39, 0.29) is 18.1 Å². The van der Waals surface area contributed by atoms with Crippen molar-refractivity contribution in [1.29, 1.82) is 0 Å². The van der Waals surface area contributed by atoms with Crippen LogP contribution in [0.2, 0.25) is 0 Å².